The Labute approximate surface area is 166 Å². The lowest BCUT2D eigenvalue weighted by Gasteiger charge is -2.07. The van der Waals surface area contributed by atoms with Crippen LogP contribution < -0.4 is 10.1 Å². The molecule has 4 heterocycles. The molecule has 0 saturated heterocycles. The molecular formula is C17H18ClN9O. The molecule has 4 aromatic rings. The van der Waals surface area contributed by atoms with E-state index in [2.05, 4.69) is 41.7 Å². The van der Waals surface area contributed by atoms with Gasteiger partial charge in [-0.3, -0.25) is 9.25 Å². The van der Waals surface area contributed by atoms with Gasteiger partial charge in [0.15, 0.2) is 5.82 Å². The van der Waals surface area contributed by atoms with E-state index in [9.17, 15) is 0 Å². The van der Waals surface area contributed by atoms with Crippen LogP contribution in [0, 0.1) is 0 Å². The van der Waals surface area contributed by atoms with Gasteiger partial charge < -0.3 is 10.1 Å². The fourth-order valence-electron chi connectivity index (χ4n) is 3.15. The Kier molecular flexibility index (Phi) is 5.04. The predicted octanol–water partition coefficient (Wildman–Crippen LogP) is 1.96. The van der Waals surface area contributed by atoms with Crippen molar-refractivity contribution in [2.75, 3.05) is 6.54 Å². The molecule has 144 valence electrons. The molecule has 0 aliphatic carbocycles. The van der Waals surface area contributed by atoms with Crippen molar-refractivity contribution in [1.82, 2.24) is 45.3 Å². The molecule has 0 atom stereocenters. The maximum absolute atomic E-state index is 5.51. The van der Waals surface area contributed by atoms with Gasteiger partial charge in [0.2, 0.25) is 0 Å². The number of rotatable bonds is 4. The Balaban J connectivity index is 0.00000192. The van der Waals surface area contributed by atoms with Gasteiger partial charge in [0, 0.05) is 31.2 Å². The van der Waals surface area contributed by atoms with Crippen molar-refractivity contribution in [3.8, 4) is 29.0 Å². The summed E-state index contributed by atoms with van der Waals surface area (Å²) in [5, 5.41) is 21.5. The molecule has 0 bridgehead atoms. The van der Waals surface area contributed by atoms with E-state index in [0.29, 0.717) is 5.75 Å². The molecule has 3 aromatic heterocycles. The maximum atomic E-state index is 5.51. The van der Waals surface area contributed by atoms with Gasteiger partial charge in [0.1, 0.15) is 11.4 Å². The van der Waals surface area contributed by atoms with Crippen molar-refractivity contribution < 1.29 is 4.74 Å². The average Bonchev–Trinajstić information content (AvgIpc) is 3.42. The number of benzene rings is 1. The average molecular weight is 400 g/mol. The first-order valence-corrected chi connectivity index (χ1v) is 8.70. The molecule has 2 N–H and O–H groups in total. The molecule has 10 nitrogen and oxygen atoms in total. The quantitative estimate of drug-likeness (QED) is 0.539. The molecule has 1 aliphatic rings. The molecule has 0 radical (unpaired) electrons. The summed E-state index contributed by atoms with van der Waals surface area (Å²) in [7, 11) is 0. The Morgan fingerprint density at radius 3 is 2.86 bits per heavy atom. The van der Waals surface area contributed by atoms with Gasteiger partial charge in [0.05, 0.1) is 5.69 Å². The number of aryl methyl sites for hydroxylation is 1. The van der Waals surface area contributed by atoms with E-state index in [1.54, 1.807) is 6.20 Å². The zero-order valence-corrected chi connectivity index (χ0v) is 15.6. The number of nitrogens with one attached hydrogen (secondary N) is 2. The van der Waals surface area contributed by atoms with Crippen LogP contribution in [0.3, 0.4) is 0 Å². The van der Waals surface area contributed by atoms with Crippen LogP contribution >= 0.6 is 12.4 Å². The summed E-state index contributed by atoms with van der Waals surface area (Å²) in [6, 6.07) is 9.87. The topological polar surface area (TPSA) is 111 Å². The number of nitrogens with zero attached hydrogens (tertiary/aromatic N) is 7. The van der Waals surface area contributed by atoms with Gasteiger partial charge in [-0.15, -0.1) is 12.4 Å². The Bertz CT molecular complexity index is 1020. The van der Waals surface area contributed by atoms with Crippen molar-refractivity contribution in [3.63, 3.8) is 0 Å². The molecular weight excluding hydrogens is 382 g/mol. The first-order chi connectivity index (χ1) is 13.4. The van der Waals surface area contributed by atoms with Crippen LogP contribution in [0.1, 0.15) is 12.1 Å². The fourth-order valence-corrected chi connectivity index (χ4v) is 3.15. The zero-order valence-electron chi connectivity index (χ0n) is 14.8. The lowest BCUT2D eigenvalue weighted by Crippen LogP contribution is -2.11. The van der Waals surface area contributed by atoms with Gasteiger partial charge in [-0.05, 0) is 48.5 Å². The molecule has 11 heteroatoms. The third kappa shape index (κ3) is 3.47. The summed E-state index contributed by atoms with van der Waals surface area (Å²) in [5.41, 5.74) is 3.01. The SMILES string of the molecule is Cl.c1cn(-c2ccc(Oc3nn[nH]n3)cc2)c(-c2cc3n(n2)CCCNC3)n1. The first kappa shape index (κ1) is 18.1. The lowest BCUT2D eigenvalue weighted by atomic mass is 10.3. The monoisotopic (exact) mass is 399 g/mol. The number of hydrogen-bond donors (Lipinski definition) is 2. The van der Waals surface area contributed by atoms with E-state index in [1.807, 2.05) is 35.0 Å². The normalized spacial score (nSPS) is 13.4. The largest absolute Gasteiger partial charge is 0.422 e. The molecule has 0 saturated carbocycles. The van der Waals surface area contributed by atoms with Crippen molar-refractivity contribution >= 4 is 12.4 Å². The van der Waals surface area contributed by atoms with Crippen LogP contribution in [0.4, 0.5) is 0 Å². The molecule has 0 spiro atoms. The van der Waals surface area contributed by atoms with E-state index in [4.69, 9.17) is 9.84 Å². The van der Waals surface area contributed by atoms with Gasteiger partial charge in [-0.1, -0.05) is 10.2 Å². The number of ether oxygens (including phenoxy) is 1. The molecule has 0 amide bonds. The Hall–Kier alpha value is -3.24. The lowest BCUT2D eigenvalue weighted by molar-refractivity contribution is 0.442. The Morgan fingerprint density at radius 1 is 1.14 bits per heavy atom. The third-order valence-corrected chi connectivity index (χ3v) is 4.41. The van der Waals surface area contributed by atoms with Crippen molar-refractivity contribution in [1.29, 1.82) is 0 Å². The number of aromatic nitrogens is 8. The summed E-state index contributed by atoms with van der Waals surface area (Å²) < 4.78 is 9.58. The highest BCUT2D eigenvalue weighted by atomic mass is 35.5. The zero-order chi connectivity index (χ0) is 18.1. The van der Waals surface area contributed by atoms with Gasteiger partial charge in [0.25, 0.3) is 0 Å². The molecule has 1 aromatic carbocycles. The molecule has 0 fully saturated rings. The van der Waals surface area contributed by atoms with Crippen molar-refractivity contribution in [3.05, 3.63) is 48.4 Å². The van der Waals surface area contributed by atoms with E-state index >= 15 is 0 Å². The number of aromatic amines is 1. The van der Waals surface area contributed by atoms with Gasteiger partial charge >= 0.3 is 6.01 Å². The van der Waals surface area contributed by atoms with Gasteiger partial charge in [-0.25, -0.2) is 4.98 Å². The predicted molar refractivity (Wildman–Crippen MR) is 103 cm³/mol. The minimum atomic E-state index is 0. The highest BCUT2D eigenvalue weighted by Gasteiger charge is 2.16. The number of hydrogen-bond acceptors (Lipinski definition) is 7. The summed E-state index contributed by atoms with van der Waals surface area (Å²) in [4.78, 5) is 4.52. The van der Waals surface area contributed by atoms with Crippen LogP contribution in [-0.4, -0.2) is 46.5 Å². The van der Waals surface area contributed by atoms with Crippen LogP contribution in [0.15, 0.2) is 42.7 Å². The van der Waals surface area contributed by atoms with E-state index < -0.39 is 0 Å². The number of imidazole rings is 1. The summed E-state index contributed by atoms with van der Waals surface area (Å²) in [5.74, 6) is 1.43. The molecule has 5 rings (SSSR count). The minimum absolute atomic E-state index is 0. The van der Waals surface area contributed by atoms with Crippen LogP contribution in [0.5, 0.6) is 11.8 Å². The molecule has 28 heavy (non-hydrogen) atoms. The highest BCUT2D eigenvalue weighted by Crippen LogP contribution is 2.24. The van der Waals surface area contributed by atoms with Crippen molar-refractivity contribution in [2.24, 2.45) is 0 Å². The smallest absolute Gasteiger partial charge is 0.361 e. The van der Waals surface area contributed by atoms with E-state index in [-0.39, 0.29) is 18.4 Å². The number of halogens is 1. The van der Waals surface area contributed by atoms with E-state index in [0.717, 1.165) is 43.3 Å². The van der Waals surface area contributed by atoms with Gasteiger partial charge in [-0.2, -0.15) is 10.3 Å². The van der Waals surface area contributed by atoms with Crippen LogP contribution in [0.25, 0.3) is 17.2 Å². The standard InChI is InChI=1S/C17H17N9O.ClH/c1-6-18-11-13-10-15(22-26(13)8-1)16-19-7-9-25(16)12-2-4-14(5-3-12)27-17-20-23-24-21-17;/h2-5,7,9-10,18H,1,6,8,11H2,(H,20,21,23,24);1H. The summed E-state index contributed by atoms with van der Waals surface area (Å²) in [6.45, 7) is 2.77. The first-order valence-electron chi connectivity index (χ1n) is 8.70. The second-order valence-electron chi connectivity index (χ2n) is 6.19. The summed E-state index contributed by atoms with van der Waals surface area (Å²) in [6.07, 6.45) is 4.78. The number of tetrazole rings is 1. The number of H-pyrrole nitrogens is 1. The highest BCUT2D eigenvalue weighted by molar-refractivity contribution is 5.85. The maximum Gasteiger partial charge on any atom is 0.361 e. The second-order valence-corrected chi connectivity index (χ2v) is 6.19. The second kappa shape index (κ2) is 7.79. The molecule has 1 aliphatic heterocycles. The number of fused-ring (bicyclic) bond motifs is 1. The third-order valence-electron chi connectivity index (χ3n) is 4.41. The summed E-state index contributed by atoms with van der Waals surface area (Å²) >= 11 is 0. The molecule has 0 unspecified atom stereocenters. The van der Waals surface area contributed by atoms with E-state index in [1.165, 1.54) is 5.69 Å². The minimum Gasteiger partial charge on any atom is -0.422 e. The van der Waals surface area contributed by atoms with Crippen molar-refractivity contribution in [2.45, 2.75) is 19.5 Å². The van der Waals surface area contributed by atoms with Crippen LogP contribution in [0.2, 0.25) is 0 Å². The Morgan fingerprint density at radius 2 is 2.04 bits per heavy atom. The van der Waals surface area contributed by atoms with Crippen LogP contribution in [-0.2, 0) is 13.1 Å². The fraction of sp³-hybridized carbons (Fsp3) is 0.235.